The monoisotopic (exact) mass is 560 g/mol. The molecule has 0 fully saturated rings. The highest BCUT2D eigenvalue weighted by Crippen LogP contribution is 2.25. The van der Waals surface area contributed by atoms with Crippen LogP contribution in [0.15, 0.2) is 60.9 Å². The van der Waals surface area contributed by atoms with Gasteiger partial charge in [-0.2, -0.15) is 0 Å². The Morgan fingerprint density at radius 1 is 0.756 bits per heavy atom. The van der Waals surface area contributed by atoms with Gasteiger partial charge in [0, 0.05) is 24.2 Å². The predicted molar refractivity (Wildman–Crippen MR) is 137 cm³/mol. The van der Waals surface area contributed by atoms with Crippen molar-refractivity contribution in [2.45, 2.75) is 6.92 Å². The molecule has 5 rings (SSSR count). The second-order valence-electron chi connectivity index (χ2n) is 8.52. The van der Waals surface area contributed by atoms with E-state index < -0.39 is 40.6 Å². The fraction of sp³-hybridized carbons (Fsp3) is 0.0769. The number of aromatic nitrogens is 7. The van der Waals surface area contributed by atoms with Crippen molar-refractivity contribution in [2.24, 2.45) is 0 Å². The molecule has 3 heterocycles. The van der Waals surface area contributed by atoms with Gasteiger partial charge < -0.3 is 15.5 Å². The van der Waals surface area contributed by atoms with Crippen molar-refractivity contribution in [3.63, 3.8) is 0 Å². The van der Waals surface area contributed by atoms with Gasteiger partial charge in [-0.3, -0.25) is 4.79 Å². The lowest BCUT2D eigenvalue weighted by atomic mass is 10.1. The molecule has 41 heavy (non-hydrogen) atoms. The van der Waals surface area contributed by atoms with Crippen molar-refractivity contribution < 1.29 is 33.4 Å². The number of carbonyl (C=O) groups is 3. The van der Waals surface area contributed by atoms with E-state index in [2.05, 4.69) is 30.9 Å². The SMILES string of the molecule is CCNC(=O)c1cc(-c2cn(-c3ccc(C(=O)O)c(F)c3)nn2)nc(-c2cn(-c3ccc(C(=O)O)c(F)c3)nn2)c1. The molecule has 0 spiro atoms. The van der Waals surface area contributed by atoms with E-state index in [4.69, 9.17) is 10.2 Å². The highest BCUT2D eigenvalue weighted by atomic mass is 19.1. The number of carboxylic acids is 2. The molecule has 206 valence electrons. The summed E-state index contributed by atoms with van der Waals surface area (Å²) in [6.45, 7) is 2.11. The van der Waals surface area contributed by atoms with Gasteiger partial charge in [-0.1, -0.05) is 10.4 Å². The first-order valence-corrected chi connectivity index (χ1v) is 11.9. The summed E-state index contributed by atoms with van der Waals surface area (Å²) < 4.78 is 30.9. The van der Waals surface area contributed by atoms with Crippen LogP contribution in [-0.2, 0) is 0 Å². The van der Waals surface area contributed by atoms with Gasteiger partial charge in [0.05, 0.1) is 46.3 Å². The summed E-state index contributed by atoms with van der Waals surface area (Å²) in [6.07, 6.45) is 2.85. The first-order chi connectivity index (χ1) is 19.6. The first-order valence-electron chi connectivity index (χ1n) is 11.9. The van der Waals surface area contributed by atoms with Gasteiger partial charge >= 0.3 is 11.9 Å². The van der Waals surface area contributed by atoms with Gasteiger partial charge in [0.2, 0.25) is 0 Å². The Bertz CT molecular complexity index is 1710. The third kappa shape index (κ3) is 5.36. The molecule has 0 unspecified atom stereocenters. The van der Waals surface area contributed by atoms with Gasteiger partial charge in [0.15, 0.2) is 0 Å². The molecular formula is C26H18F2N8O5. The maximum Gasteiger partial charge on any atom is 0.338 e. The Hall–Kier alpha value is -5.86. The largest absolute Gasteiger partial charge is 0.478 e. The van der Waals surface area contributed by atoms with E-state index in [0.717, 1.165) is 24.3 Å². The number of amides is 1. The Morgan fingerprint density at radius 2 is 1.22 bits per heavy atom. The van der Waals surface area contributed by atoms with Crippen LogP contribution in [0.25, 0.3) is 34.2 Å². The zero-order chi connectivity index (χ0) is 29.3. The van der Waals surface area contributed by atoms with Gasteiger partial charge in [-0.15, -0.1) is 10.2 Å². The highest BCUT2D eigenvalue weighted by Gasteiger charge is 2.18. The Balaban J connectivity index is 1.53. The molecule has 15 heteroatoms. The number of nitrogens with zero attached hydrogens (tertiary/aromatic N) is 7. The smallest absolute Gasteiger partial charge is 0.338 e. The molecule has 5 aromatic rings. The molecule has 2 aromatic carbocycles. The van der Waals surface area contributed by atoms with E-state index in [1.165, 1.54) is 46.0 Å². The number of halogens is 2. The van der Waals surface area contributed by atoms with Gasteiger partial charge in [-0.25, -0.2) is 32.7 Å². The number of nitrogens with one attached hydrogen (secondary N) is 1. The van der Waals surface area contributed by atoms with Gasteiger partial charge in [-0.05, 0) is 43.3 Å². The van der Waals surface area contributed by atoms with Crippen LogP contribution in [0, 0.1) is 11.6 Å². The molecule has 0 aliphatic rings. The quantitative estimate of drug-likeness (QED) is 0.255. The molecule has 0 aliphatic heterocycles. The van der Waals surface area contributed by atoms with Crippen LogP contribution in [-0.4, -0.2) is 69.6 Å². The maximum atomic E-state index is 14.2. The second kappa shape index (κ2) is 10.7. The van der Waals surface area contributed by atoms with Crippen molar-refractivity contribution in [3.8, 4) is 34.2 Å². The fourth-order valence-electron chi connectivity index (χ4n) is 3.84. The number of hydrogen-bond acceptors (Lipinski definition) is 8. The average molecular weight is 560 g/mol. The molecule has 0 aliphatic carbocycles. The summed E-state index contributed by atoms with van der Waals surface area (Å²) in [6, 6.07) is 9.86. The van der Waals surface area contributed by atoms with Crippen LogP contribution in [0.3, 0.4) is 0 Å². The number of pyridine rings is 1. The minimum absolute atomic E-state index is 0.204. The van der Waals surface area contributed by atoms with Crippen molar-refractivity contribution in [1.29, 1.82) is 0 Å². The van der Waals surface area contributed by atoms with Crippen LogP contribution in [0.1, 0.15) is 38.0 Å². The van der Waals surface area contributed by atoms with E-state index in [9.17, 15) is 23.2 Å². The maximum absolute atomic E-state index is 14.2. The zero-order valence-corrected chi connectivity index (χ0v) is 21.0. The van der Waals surface area contributed by atoms with Gasteiger partial charge in [0.25, 0.3) is 5.91 Å². The molecule has 0 saturated heterocycles. The van der Waals surface area contributed by atoms with Crippen molar-refractivity contribution in [2.75, 3.05) is 6.54 Å². The Labute approximate surface area is 228 Å². The lowest BCUT2D eigenvalue weighted by Crippen LogP contribution is -2.22. The van der Waals surface area contributed by atoms with E-state index >= 15 is 0 Å². The molecule has 0 radical (unpaired) electrons. The predicted octanol–water partition coefficient (Wildman–Crippen LogP) is 3.00. The summed E-state index contributed by atoms with van der Waals surface area (Å²) in [5, 5.41) is 36.9. The Kier molecular flexibility index (Phi) is 6.99. The Morgan fingerprint density at radius 3 is 1.61 bits per heavy atom. The summed E-state index contributed by atoms with van der Waals surface area (Å²) in [5.41, 5.74) is 0.466. The van der Waals surface area contributed by atoms with E-state index in [1.807, 2.05) is 0 Å². The summed E-state index contributed by atoms with van der Waals surface area (Å²) in [4.78, 5) is 39.5. The van der Waals surface area contributed by atoms with Crippen LogP contribution in [0.5, 0.6) is 0 Å². The lowest BCUT2D eigenvalue weighted by molar-refractivity contribution is 0.0680. The van der Waals surface area contributed by atoms with Crippen LogP contribution >= 0.6 is 0 Å². The topological polar surface area (TPSA) is 178 Å². The standard InChI is InChI=1S/C26H18F2N8O5/c1-2-29-24(37)13-7-20(22-11-35(33-31-22)14-3-5-16(25(38)39)18(27)9-14)30-21(8-13)23-12-36(34-32-23)15-4-6-17(26(40)41)19(28)10-15/h3-12H,2H2,1H3,(H,29,37)(H,38,39)(H,40,41). The number of rotatable bonds is 8. The van der Waals surface area contributed by atoms with Crippen molar-refractivity contribution in [3.05, 3.63) is 89.2 Å². The summed E-state index contributed by atoms with van der Waals surface area (Å²) in [7, 11) is 0. The van der Waals surface area contributed by atoms with Gasteiger partial charge in [0.1, 0.15) is 23.0 Å². The molecule has 13 nitrogen and oxygen atoms in total. The van der Waals surface area contributed by atoms with E-state index in [-0.39, 0.29) is 39.7 Å². The van der Waals surface area contributed by atoms with Crippen molar-refractivity contribution >= 4 is 17.8 Å². The molecular weight excluding hydrogens is 542 g/mol. The second-order valence-corrected chi connectivity index (χ2v) is 8.52. The summed E-state index contributed by atoms with van der Waals surface area (Å²) >= 11 is 0. The molecule has 0 bridgehead atoms. The average Bonchev–Trinajstić information content (AvgIpc) is 3.63. The number of benzene rings is 2. The van der Waals surface area contributed by atoms with E-state index in [0.29, 0.717) is 6.54 Å². The number of hydrogen-bond donors (Lipinski definition) is 3. The van der Waals surface area contributed by atoms with E-state index in [1.54, 1.807) is 6.92 Å². The molecule has 3 aromatic heterocycles. The van der Waals surface area contributed by atoms with Crippen LogP contribution in [0.4, 0.5) is 8.78 Å². The minimum Gasteiger partial charge on any atom is -0.478 e. The lowest BCUT2D eigenvalue weighted by Gasteiger charge is -2.06. The highest BCUT2D eigenvalue weighted by molar-refractivity contribution is 5.96. The normalized spacial score (nSPS) is 10.9. The molecule has 3 N–H and O–H groups in total. The third-order valence-electron chi connectivity index (χ3n) is 5.83. The number of carboxylic acid groups (broad SMARTS) is 2. The van der Waals surface area contributed by atoms with Crippen LogP contribution in [0.2, 0.25) is 0 Å². The first kappa shape index (κ1) is 26.7. The third-order valence-corrected chi connectivity index (χ3v) is 5.83. The minimum atomic E-state index is -1.41. The number of aromatic carboxylic acids is 2. The fourth-order valence-corrected chi connectivity index (χ4v) is 3.84. The van der Waals surface area contributed by atoms with Crippen LogP contribution < -0.4 is 5.32 Å². The van der Waals surface area contributed by atoms with Crippen molar-refractivity contribution in [1.82, 2.24) is 40.3 Å². The number of carbonyl (C=O) groups excluding carboxylic acids is 1. The molecule has 1 amide bonds. The molecule has 0 atom stereocenters. The summed E-state index contributed by atoms with van der Waals surface area (Å²) in [5.74, 6) is -5.13. The zero-order valence-electron chi connectivity index (χ0n) is 21.0. The molecule has 0 saturated carbocycles.